The van der Waals surface area contributed by atoms with E-state index in [0.717, 1.165) is 12.1 Å². The van der Waals surface area contributed by atoms with Crippen LogP contribution in [0.3, 0.4) is 0 Å². The Hall–Kier alpha value is -3.23. The van der Waals surface area contributed by atoms with Crippen LogP contribution in [0.15, 0.2) is 55.1 Å². The summed E-state index contributed by atoms with van der Waals surface area (Å²) in [5.41, 5.74) is -0.902. The summed E-state index contributed by atoms with van der Waals surface area (Å²) in [5, 5.41) is 2.60. The van der Waals surface area contributed by atoms with Crippen LogP contribution in [0.25, 0.3) is 11.6 Å². The summed E-state index contributed by atoms with van der Waals surface area (Å²) in [6.07, 6.45) is 1.99. The molecule has 3 rings (SSSR count). The highest BCUT2D eigenvalue weighted by Gasteiger charge is 2.30. The molecule has 0 saturated heterocycles. The second-order valence-electron chi connectivity index (χ2n) is 5.35. The minimum absolute atomic E-state index is 0.0444. The highest BCUT2D eigenvalue weighted by Crippen LogP contribution is 2.29. The second-order valence-corrected chi connectivity index (χ2v) is 5.35. The number of carbonyl (C=O) groups is 1. The van der Waals surface area contributed by atoms with E-state index in [9.17, 15) is 18.0 Å². The van der Waals surface area contributed by atoms with Crippen molar-refractivity contribution in [3.8, 4) is 11.6 Å². The number of benzene rings is 1. The Morgan fingerprint density at radius 2 is 1.85 bits per heavy atom. The third kappa shape index (κ3) is 4.05. The average Bonchev–Trinajstić information content (AvgIpc) is 3.10. The number of alkyl halides is 3. The van der Waals surface area contributed by atoms with Crippen molar-refractivity contribution in [3.05, 3.63) is 66.2 Å². The minimum atomic E-state index is -4.49. The van der Waals surface area contributed by atoms with Crippen LogP contribution in [0.2, 0.25) is 0 Å². The molecular formula is C17H14F3N5O. The molecule has 0 unspecified atom stereocenters. The van der Waals surface area contributed by atoms with Gasteiger partial charge in [0.15, 0.2) is 11.6 Å². The Morgan fingerprint density at radius 3 is 2.58 bits per heavy atom. The van der Waals surface area contributed by atoms with Gasteiger partial charge in [0, 0.05) is 43.4 Å². The predicted molar refractivity (Wildman–Crippen MR) is 87.0 cm³/mol. The second kappa shape index (κ2) is 7.34. The van der Waals surface area contributed by atoms with E-state index in [1.54, 1.807) is 35.4 Å². The third-order valence-electron chi connectivity index (χ3n) is 3.57. The number of aromatic nitrogens is 4. The normalized spacial score (nSPS) is 11.3. The van der Waals surface area contributed by atoms with Gasteiger partial charge in [0.05, 0.1) is 5.56 Å². The molecule has 6 nitrogen and oxygen atoms in total. The lowest BCUT2D eigenvalue weighted by Crippen LogP contribution is -2.27. The van der Waals surface area contributed by atoms with E-state index < -0.39 is 17.6 Å². The fourth-order valence-electron chi connectivity index (χ4n) is 2.34. The summed E-state index contributed by atoms with van der Waals surface area (Å²) in [6, 6.07) is 5.99. The summed E-state index contributed by atoms with van der Waals surface area (Å²) < 4.78 is 39.9. The number of rotatable bonds is 5. The number of carbonyl (C=O) groups excluding carboxylic acids is 1. The highest BCUT2D eigenvalue weighted by molar-refractivity contribution is 5.94. The van der Waals surface area contributed by atoms with Gasteiger partial charge in [0.25, 0.3) is 5.91 Å². The van der Waals surface area contributed by atoms with Crippen LogP contribution in [0.1, 0.15) is 15.9 Å². The SMILES string of the molecule is O=C(NCCn1ccnc1-c1ncccn1)c1cccc(C(F)(F)F)c1. The monoisotopic (exact) mass is 361 g/mol. The summed E-state index contributed by atoms with van der Waals surface area (Å²) >= 11 is 0. The molecule has 1 N–H and O–H groups in total. The van der Waals surface area contributed by atoms with Crippen LogP contribution in [-0.2, 0) is 12.7 Å². The topological polar surface area (TPSA) is 72.7 Å². The van der Waals surface area contributed by atoms with Crippen molar-refractivity contribution < 1.29 is 18.0 Å². The minimum Gasteiger partial charge on any atom is -0.350 e. The maximum atomic E-state index is 12.7. The van der Waals surface area contributed by atoms with Crippen molar-refractivity contribution in [1.82, 2.24) is 24.8 Å². The molecule has 134 valence electrons. The van der Waals surface area contributed by atoms with Crippen molar-refractivity contribution in [2.75, 3.05) is 6.54 Å². The summed E-state index contributed by atoms with van der Waals surface area (Å²) in [7, 11) is 0. The Morgan fingerprint density at radius 1 is 1.08 bits per heavy atom. The molecule has 0 bridgehead atoms. The van der Waals surface area contributed by atoms with Gasteiger partial charge >= 0.3 is 6.18 Å². The zero-order chi connectivity index (χ0) is 18.6. The fourth-order valence-corrected chi connectivity index (χ4v) is 2.34. The molecule has 0 fully saturated rings. The van der Waals surface area contributed by atoms with Crippen molar-refractivity contribution in [2.24, 2.45) is 0 Å². The van der Waals surface area contributed by atoms with Crippen molar-refractivity contribution in [1.29, 1.82) is 0 Å². The zero-order valence-corrected chi connectivity index (χ0v) is 13.4. The molecule has 1 amide bonds. The number of hydrogen-bond acceptors (Lipinski definition) is 4. The molecule has 3 aromatic rings. The largest absolute Gasteiger partial charge is 0.416 e. The lowest BCUT2D eigenvalue weighted by molar-refractivity contribution is -0.137. The quantitative estimate of drug-likeness (QED) is 0.759. The summed E-state index contributed by atoms with van der Waals surface area (Å²) in [5.74, 6) is 0.411. The Bertz CT molecular complexity index is 893. The van der Waals surface area contributed by atoms with Gasteiger partial charge in [-0.3, -0.25) is 4.79 Å². The fraction of sp³-hybridized carbons (Fsp3) is 0.176. The average molecular weight is 361 g/mol. The lowest BCUT2D eigenvalue weighted by atomic mass is 10.1. The van der Waals surface area contributed by atoms with Crippen molar-refractivity contribution >= 4 is 5.91 Å². The molecule has 2 aromatic heterocycles. The highest BCUT2D eigenvalue weighted by atomic mass is 19.4. The molecule has 0 aliphatic heterocycles. The molecule has 9 heteroatoms. The molecular weight excluding hydrogens is 347 g/mol. The Labute approximate surface area is 146 Å². The lowest BCUT2D eigenvalue weighted by Gasteiger charge is -2.10. The Balaban J connectivity index is 1.63. The van der Waals surface area contributed by atoms with Gasteiger partial charge in [-0.05, 0) is 24.3 Å². The van der Waals surface area contributed by atoms with E-state index in [1.165, 1.54) is 12.1 Å². The van der Waals surface area contributed by atoms with E-state index in [0.29, 0.717) is 18.2 Å². The number of halogens is 3. The molecule has 0 spiro atoms. The van der Waals surface area contributed by atoms with Gasteiger partial charge in [0.1, 0.15) is 0 Å². The first-order chi connectivity index (χ1) is 12.4. The van der Waals surface area contributed by atoms with Crippen LogP contribution in [-0.4, -0.2) is 32.0 Å². The summed E-state index contributed by atoms with van der Waals surface area (Å²) in [6.45, 7) is 0.587. The number of nitrogens with zero attached hydrogens (tertiary/aromatic N) is 4. The first-order valence-electron chi connectivity index (χ1n) is 7.69. The molecule has 2 heterocycles. The van der Waals surface area contributed by atoms with Gasteiger partial charge in [-0.1, -0.05) is 6.07 Å². The molecule has 1 aromatic carbocycles. The smallest absolute Gasteiger partial charge is 0.350 e. The van der Waals surface area contributed by atoms with Crippen LogP contribution in [0, 0.1) is 0 Å². The zero-order valence-electron chi connectivity index (χ0n) is 13.4. The maximum absolute atomic E-state index is 12.7. The van der Waals surface area contributed by atoms with Gasteiger partial charge in [-0.25, -0.2) is 15.0 Å². The molecule has 0 atom stereocenters. The first-order valence-corrected chi connectivity index (χ1v) is 7.69. The number of nitrogens with one attached hydrogen (secondary N) is 1. The van der Waals surface area contributed by atoms with Gasteiger partial charge in [-0.15, -0.1) is 0 Å². The Kier molecular flexibility index (Phi) is 4.97. The van der Waals surface area contributed by atoms with Crippen molar-refractivity contribution in [3.63, 3.8) is 0 Å². The van der Waals surface area contributed by atoms with E-state index in [1.807, 2.05) is 0 Å². The number of amides is 1. The van der Waals surface area contributed by atoms with E-state index >= 15 is 0 Å². The van der Waals surface area contributed by atoms with E-state index in [2.05, 4.69) is 20.3 Å². The number of hydrogen-bond donors (Lipinski definition) is 1. The van der Waals surface area contributed by atoms with Crippen LogP contribution < -0.4 is 5.32 Å². The van der Waals surface area contributed by atoms with Crippen LogP contribution in [0.4, 0.5) is 13.2 Å². The van der Waals surface area contributed by atoms with Gasteiger partial charge < -0.3 is 9.88 Å². The van der Waals surface area contributed by atoms with Gasteiger partial charge in [-0.2, -0.15) is 13.2 Å². The maximum Gasteiger partial charge on any atom is 0.416 e. The van der Waals surface area contributed by atoms with Gasteiger partial charge in [0.2, 0.25) is 0 Å². The predicted octanol–water partition coefficient (Wildman–Crippen LogP) is 2.79. The molecule has 0 saturated carbocycles. The standard InChI is InChI=1S/C17H14F3N5O/c18-17(19,20)13-4-1-3-12(11-13)16(26)24-8-10-25-9-7-23-15(25)14-21-5-2-6-22-14/h1-7,9,11H,8,10H2,(H,24,26). The van der Waals surface area contributed by atoms with Crippen LogP contribution in [0.5, 0.6) is 0 Å². The molecule has 0 aliphatic rings. The molecule has 26 heavy (non-hydrogen) atoms. The molecule has 0 radical (unpaired) electrons. The molecule has 0 aliphatic carbocycles. The van der Waals surface area contributed by atoms with Crippen molar-refractivity contribution in [2.45, 2.75) is 12.7 Å². The number of imidazole rings is 1. The van der Waals surface area contributed by atoms with E-state index in [-0.39, 0.29) is 12.1 Å². The third-order valence-corrected chi connectivity index (χ3v) is 3.57. The summed E-state index contributed by atoms with van der Waals surface area (Å²) in [4.78, 5) is 24.5. The van der Waals surface area contributed by atoms with E-state index in [4.69, 9.17) is 0 Å². The van der Waals surface area contributed by atoms with Crippen LogP contribution >= 0.6 is 0 Å². The first kappa shape index (κ1) is 17.6.